The maximum atomic E-state index is 15.4. The lowest BCUT2D eigenvalue weighted by atomic mass is 9.92. The first-order valence-electron chi connectivity index (χ1n) is 12.5. The molecule has 1 aliphatic heterocycles. The zero-order chi connectivity index (χ0) is 25.5. The highest BCUT2D eigenvalue weighted by Crippen LogP contribution is 2.40. The number of anilines is 1. The summed E-state index contributed by atoms with van der Waals surface area (Å²) in [5, 5.41) is 12.6. The summed E-state index contributed by atoms with van der Waals surface area (Å²) in [6, 6.07) is 17.0. The fraction of sp³-hybridized carbons (Fsp3) is 0.379. The zero-order valence-corrected chi connectivity index (χ0v) is 20.9. The minimum atomic E-state index is -1.28. The molecule has 1 fully saturated rings. The van der Waals surface area contributed by atoms with E-state index >= 15 is 4.39 Å². The summed E-state index contributed by atoms with van der Waals surface area (Å²) in [5.74, 6) is 1.29. The SMILES string of the molecule is CCOc1cc(CN2CCC(F)(CNc3ccc(O)cc3)CC2)cc(OCC)c1-c1ccc(F)cc1. The number of aromatic hydroxyl groups is 1. The quantitative estimate of drug-likeness (QED) is 0.318. The lowest BCUT2D eigenvalue weighted by Crippen LogP contribution is -2.45. The molecule has 0 amide bonds. The smallest absolute Gasteiger partial charge is 0.131 e. The molecule has 0 radical (unpaired) electrons. The number of hydrogen-bond acceptors (Lipinski definition) is 5. The van der Waals surface area contributed by atoms with Gasteiger partial charge in [0.2, 0.25) is 0 Å². The van der Waals surface area contributed by atoms with Crippen LogP contribution < -0.4 is 14.8 Å². The molecule has 1 heterocycles. The molecule has 0 saturated carbocycles. The third-order valence-electron chi connectivity index (χ3n) is 6.49. The predicted molar refractivity (Wildman–Crippen MR) is 139 cm³/mol. The molecule has 0 aliphatic carbocycles. The van der Waals surface area contributed by atoms with Crippen LogP contribution in [0.15, 0.2) is 60.7 Å². The van der Waals surface area contributed by atoms with Gasteiger partial charge in [0.1, 0.15) is 28.7 Å². The number of halogens is 2. The molecule has 1 saturated heterocycles. The van der Waals surface area contributed by atoms with E-state index in [4.69, 9.17) is 9.47 Å². The fourth-order valence-corrected chi connectivity index (χ4v) is 4.56. The first-order valence-corrected chi connectivity index (χ1v) is 12.5. The summed E-state index contributed by atoms with van der Waals surface area (Å²) in [4.78, 5) is 2.25. The Morgan fingerprint density at radius 2 is 1.50 bits per heavy atom. The molecule has 0 aromatic heterocycles. The van der Waals surface area contributed by atoms with Gasteiger partial charge in [-0.3, -0.25) is 4.90 Å². The molecule has 0 unspecified atom stereocenters. The van der Waals surface area contributed by atoms with Crippen molar-refractivity contribution in [3.8, 4) is 28.4 Å². The molecule has 1 aliphatic rings. The molecule has 36 heavy (non-hydrogen) atoms. The number of phenolic OH excluding ortho intramolecular Hbond substituents is 1. The van der Waals surface area contributed by atoms with Gasteiger partial charge in [-0.15, -0.1) is 0 Å². The van der Waals surface area contributed by atoms with Crippen molar-refractivity contribution >= 4 is 5.69 Å². The van der Waals surface area contributed by atoms with Crippen molar-refractivity contribution in [2.75, 3.05) is 38.2 Å². The van der Waals surface area contributed by atoms with E-state index < -0.39 is 5.67 Å². The van der Waals surface area contributed by atoms with E-state index in [1.165, 1.54) is 12.1 Å². The summed E-state index contributed by atoms with van der Waals surface area (Å²) in [7, 11) is 0. The minimum Gasteiger partial charge on any atom is -0.508 e. The third-order valence-corrected chi connectivity index (χ3v) is 6.49. The van der Waals surface area contributed by atoms with E-state index in [-0.39, 0.29) is 18.1 Å². The number of hydrogen-bond donors (Lipinski definition) is 2. The lowest BCUT2D eigenvalue weighted by molar-refractivity contribution is 0.0654. The Balaban J connectivity index is 1.45. The Kier molecular flexibility index (Phi) is 8.31. The van der Waals surface area contributed by atoms with Gasteiger partial charge in [0.05, 0.1) is 18.8 Å². The molecule has 3 aromatic rings. The molecule has 0 bridgehead atoms. The standard InChI is InChI=1S/C29H34F2N2O3/c1-3-35-26-17-21(18-27(36-4-2)28(26)22-5-7-23(30)8-6-22)19-33-15-13-29(31,14-16-33)20-32-24-9-11-25(34)12-10-24/h5-12,17-18,32,34H,3-4,13-16,19-20H2,1-2H3. The van der Waals surface area contributed by atoms with Crippen LogP contribution in [0.4, 0.5) is 14.5 Å². The van der Waals surface area contributed by atoms with Gasteiger partial charge >= 0.3 is 0 Å². The summed E-state index contributed by atoms with van der Waals surface area (Å²) in [5.41, 5.74) is 2.18. The van der Waals surface area contributed by atoms with Crippen molar-refractivity contribution in [2.45, 2.75) is 38.9 Å². The number of alkyl halides is 1. The normalized spacial score (nSPS) is 15.4. The Bertz CT molecular complexity index is 1100. The topological polar surface area (TPSA) is 54.0 Å². The number of rotatable bonds is 10. The molecule has 0 spiro atoms. The first-order chi connectivity index (χ1) is 17.4. The first kappa shape index (κ1) is 25.8. The Hall–Kier alpha value is -3.32. The summed E-state index contributed by atoms with van der Waals surface area (Å²) >= 11 is 0. The van der Waals surface area contributed by atoms with Crippen LogP contribution in [0.25, 0.3) is 11.1 Å². The van der Waals surface area contributed by atoms with Crippen LogP contribution in [0.1, 0.15) is 32.3 Å². The largest absolute Gasteiger partial charge is 0.508 e. The molecule has 2 N–H and O–H groups in total. The molecule has 3 aromatic carbocycles. The van der Waals surface area contributed by atoms with Crippen molar-refractivity contribution in [3.63, 3.8) is 0 Å². The van der Waals surface area contributed by atoms with E-state index in [2.05, 4.69) is 10.2 Å². The molecule has 5 nitrogen and oxygen atoms in total. The van der Waals surface area contributed by atoms with Gasteiger partial charge in [-0.1, -0.05) is 12.1 Å². The van der Waals surface area contributed by atoms with Crippen molar-refractivity contribution in [3.05, 3.63) is 72.0 Å². The van der Waals surface area contributed by atoms with Crippen molar-refractivity contribution in [1.82, 2.24) is 4.90 Å². The number of piperidine rings is 1. The van der Waals surface area contributed by atoms with Crippen molar-refractivity contribution in [1.29, 1.82) is 0 Å². The van der Waals surface area contributed by atoms with Crippen molar-refractivity contribution in [2.24, 2.45) is 0 Å². The number of nitrogens with one attached hydrogen (secondary N) is 1. The van der Waals surface area contributed by atoms with Crippen LogP contribution in [-0.4, -0.2) is 48.5 Å². The number of ether oxygens (including phenoxy) is 2. The van der Waals surface area contributed by atoms with E-state index in [1.54, 1.807) is 36.4 Å². The van der Waals surface area contributed by atoms with E-state index in [0.717, 1.165) is 22.4 Å². The van der Waals surface area contributed by atoms with Crippen LogP contribution in [0.2, 0.25) is 0 Å². The zero-order valence-electron chi connectivity index (χ0n) is 20.9. The summed E-state index contributed by atoms with van der Waals surface area (Å²) in [6.45, 7) is 7.02. The maximum Gasteiger partial charge on any atom is 0.131 e. The van der Waals surface area contributed by atoms with Gasteiger partial charge in [0, 0.05) is 31.9 Å². The molecule has 0 atom stereocenters. The van der Waals surface area contributed by atoms with Gasteiger partial charge in [0.25, 0.3) is 0 Å². The highest BCUT2D eigenvalue weighted by atomic mass is 19.1. The van der Waals surface area contributed by atoms with Gasteiger partial charge in [-0.25, -0.2) is 8.78 Å². The lowest BCUT2D eigenvalue weighted by Gasteiger charge is -2.36. The minimum absolute atomic E-state index is 0.189. The van der Waals surface area contributed by atoms with Gasteiger partial charge in [-0.2, -0.15) is 0 Å². The molecular formula is C29H34F2N2O3. The molecule has 7 heteroatoms. The average Bonchev–Trinajstić information content (AvgIpc) is 2.87. The van der Waals surface area contributed by atoms with E-state index in [1.807, 2.05) is 26.0 Å². The second kappa shape index (κ2) is 11.6. The Labute approximate surface area is 211 Å². The monoisotopic (exact) mass is 496 g/mol. The fourth-order valence-electron chi connectivity index (χ4n) is 4.56. The van der Waals surface area contributed by atoms with E-state index in [0.29, 0.717) is 57.2 Å². The van der Waals surface area contributed by atoms with Gasteiger partial charge in [-0.05, 0) is 86.3 Å². The second-order valence-electron chi connectivity index (χ2n) is 9.17. The Morgan fingerprint density at radius 3 is 2.06 bits per heavy atom. The summed E-state index contributed by atoms with van der Waals surface area (Å²) in [6.07, 6.45) is 0.866. The van der Waals surface area contributed by atoms with Gasteiger partial charge < -0.3 is 19.9 Å². The molecular weight excluding hydrogens is 462 g/mol. The second-order valence-corrected chi connectivity index (χ2v) is 9.17. The number of likely N-dealkylation sites (tertiary alicyclic amines) is 1. The van der Waals surface area contributed by atoms with E-state index in [9.17, 15) is 9.50 Å². The average molecular weight is 497 g/mol. The maximum absolute atomic E-state index is 15.4. The number of nitrogens with zero attached hydrogens (tertiary/aromatic N) is 1. The molecule has 192 valence electrons. The van der Waals surface area contributed by atoms with Crippen molar-refractivity contribution < 1.29 is 23.4 Å². The Morgan fingerprint density at radius 1 is 0.917 bits per heavy atom. The van der Waals surface area contributed by atoms with Crippen LogP contribution >= 0.6 is 0 Å². The summed E-state index contributed by atoms with van der Waals surface area (Å²) < 4.78 is 40.9. The molecule has 4 rings (SSSR count). The van der Waals surface area contributed by atoms with Gasteiger partial charge in [0.15, 0.2) is 0 Å². The number of benzene rings is 3. The predicted octanol–water partition coefficient (Wildman–Crippen LogP) is 6.41. The highest BCUT2D eigenvalue weighted by molar-refractivity contribution is 5.77. The highest BCUT2D eigenvalue weighted by Gasteiger charge is 2.34. The third kappa shape index (κ3) is 6.46. The van der Waals surface area contributed by atoms with Crippen LogP contribution in [0, 0.1) is 5.82 Å². The van der Waals surface area contributed by atoms with Crippen LogP contribution in [0.5, 0.6) is 17.2 Å². The number of phenols is 1. The van der Waals surface area contributed by atoms with Crippen LogP contribution in [0.3, 0.4) is 0 Å². The van der Waals surface area contributed by atoms with Crippen LogP contribution in [-0.2, 0) is 6.54 Å².